The summed E-state index contributed by atoms with van der Waals surface area (Å²) in [5.41, 5.74) is 0.459. The summed E-state index contributed by atoms with van der Waals surface area (Å²) < 4.78 is 0. The Hall–Kier alpha value is -0.0800. The van der Waals surface area contributed by atoms with E-state index >= 15 is 0 Å². The summed E-state index contributed by atoms with van der Waals surface area (Å²) in [4.78, 5) is 2.54. The third kappa shape index (κ3) is 3.76. The molecular weight excluding hydrogens is 184 g/mol. The predicted octanol–water partition coefficient (Wildman–Crippen LogP) is 2.64. The van der Waals surface area contributed by atoms with Crippen LogP contribution in [0, 0.1) is 0 Å². The van der Waals surface area contributed by atoms with Crippen molar-refractivity contribution >= 4 is 0 Å². The van der Waals surface area contributed by atoms with Crippen LogP contribution in [0.15, 0.2) is 0 Å². The highest BCUT2D eigenvalue weighted by Gasteiger charge is 2.29. The van der Waals surface area contributed by atoms with E-state index in [9.17, 15) is 0 Å². The van der Waals surface area contributed by atoms with Crippen molar-refractivity contribution in [2.75, 3.05) is 26.7 Å². The number of hydrogen-bond acceptors (Lipinski definition) is 2. The van der Waals surface area contributed by atoms with Gasteiger partial charge in [0.15, 0.2) is 0 Å². The average molecular weight is 212 g/mol. The van der Waals surface area contributed by atoms with Crippen LogP contribution in [-0.4, -0.2) is 37.1 Å². The Morgan fingerprint density at radius 3 is 2.13 bits per heavy atom. The summed E-state index contributed by atoms with van der Waals surface area (Å²) in [5.74, 6) is 0. The highest BCUT2D eigenvalue weighted by molar-refractivity contribution is 4.90. The van der Waals surface area contributed by atoms with Gasteiger partial charge in [0.25, 0.3) is 0 Å². The van der Waals surface area contributed by atoms with E-state index in [0.29, 0.717) is 5.54 Å². The zero-order chi connectivity index (χ0) is 11.1. The molecule has 0 radical (unpaired) electrons. The van der Waals surface area contributed by atoms with E-state index in [2.05, 4.69) is 31.1 Å². The fraction of sp³-hybridized carbons (Fsp3) is 1.00. The number of nitrogens with zero attached hydrogens (tertiary/aromatic N) is 1. The molecule has 0 spiro atoms. The molecule has 1 saturated carbocycles. The van der Waals surface area contributed by atoms with Crippen LogP contribution in [0.25, 0.3) is 0 Å². The molecule has 0 atom stereocenters. The van der Waals surface area contributed by atoms with E-state index in [4.69, 9.17) is 0 Å². The number of rotatable bonds is 6. The molecule has 2 heteroatoms. The maximum atomic E-state index is 3.59. The van der Waals surface area contributed by atoms with Crippen LogP contribution in [-0.2, 0) is 0 Å². The second-order valence-corrected chi connectivity index (χ2v) is 4.87. The van der Waals surface area contributed by atoms with Gasteiger partial charge in [0.2, 0.25) is 0 Å². The molecule has 0 unspecified atom stereocenters. The Morgan fingerprint density at radius 1 is 1.07 bits per heavy atom. The molecule has 0 aromatic carbocycles. The molecule has 1 N–H and O–H groups in total. The largest absolute Gasteiger partial charge is 0.314 e. The van der Waals surface area contributed by atoms with E-state index in [-0.39, 0.29) is 0 Å². The summed E-state index contributed by atoms with van der Waals surface area (Å²) in [5, 5.41) is 3.59. The Kier molecular flexibility index (Phi) is 5.62. The summed E-state index contributed by atoms with van der Waals surface area (Å²) in [6, 6.07) is 0. The number of nitrogens with one attached hydrogen (secondary N) is 1. The fourth-order valence-corrected chi connectivity index (χ4v) is 2.77. The minimum atomic E-state index is 0.459. The van der Waals surface area contributed by atoms with Gasteiger partial charge >= 0.3 is 0 Å². The van der Waals surface area contributed by atoms with Crippen LogP contribution in [0.4, 0.5) is 0 Å². The van der Waals surface area contributed by atoms with Gasteiger partial charge in [-0.2, -0.15) is 0 Å². The maximum Gasteiger partial charge on any atom is 0.0190 e. The van der Waals surface area contributed by atoms with Gasteiger partial charge in [-0.15, -0.1) is 0 Å². The topological polar surface area (TPSA) is 15.3 Å². The SMILES string of the molecule is CCN(CC)CCC1(NC)CCCCC1. The maximum absolute atomic E-state index is 3.59. The van der Waals surface area contributed by atoms with Crippen LogP contribution in [0.1, 0.15) is 52.4 Å². The Morgan fingerprint density at radius 2 is 1.67 bits per heavy atom. The zero-order valence-electron chi connectivity index (χ0n) is 10.8. The molecule has 0 amide bonds. The lowest BCUT2D eigenvalue weighted by Crippen LogP contribution is -2.47. The van der Waals surface area contributed by atoms with Crippen molar-refractivity contribution in [3.8, 4) is 0 Å². The van der Waals surface area contributed by atoms with Crippen LogP contribution < -0.4 is 5.32 Å². The second-order valence-electron chi connectivity index (χ2n) is 4.87. The smallest absolute Gasteiger partial charge is 0.0190 e. The fourth-order valence-electron chi connectivity index (χ4n) is 2.77. The number of hydrogen-bond donors (Lipinski definition) is 1. The van der Waals surface area contributed by atoms with Gasteiger partial charge in [0.05, 0.1) is 0 Å². The summed E-state index contributed by atoms with van der Waals surface area (Å²) >= 11 is 0. The lowest BCUT2D eigenvalue weighted by molar-refractivity contribution is 0.189. The molecule has 0 bridgehead atoms. The lowest BCUT2D eigenvalue weighted by atomic mass is 9.79. The summed E-state index contributed by atoms with van der Waals surface area (Å²) in [6.07, 6.45) is 8.35. The second kappa shape index (κ2) is 6.49. The minimum Gasteiger partial charge on any atom is -0.314 e. The van der Waals surface area contributed by atoms with Gasteiger partial charge in [0, 0.05) is 5.54 Å². The van der Waals surface area contributed by atoms with E-state index < -0.39 is 0 Å². The van der Waals surface area contributed by atoms with Crippen molar-refractivity contribution in [1.82, 2.24) is 10.2 Å². The van der Waals surface area contributed by atoms with Crippen molar-refractivity contribution in [1.29, 1.82) is 0 Å². The molecule has 1 aliphatic carbocycles. The highest BCUT2D eigenvalue weighted by Crippen LogP contribution is 2.30. The monoisotopic (exact) mass is 212 g/mol. The standard InChI is InChI=1S/C13H28N2/c1-4-15(5-2)12-11-13(14-3)9-7-6-8-10-13/h14H,4-12H2,1-3H3. The Labute approximate surface area is 95.4 Å². The van der Waals surface area contributed by atoms with Crippen LogP contribution >= 0.6 is 0 Å². The van der Waals surface area contributed by atoms with Gasteiger partial charge in [-0.3, -0.25) is 0 Å². The first-order valence-corrected chi connectivity index (χ1v) is 6.67. The third-order valence-electron chi connectivity index (χ3n) is 4.14. The molecule has 0 saturated heterocycles. The van der Waals surface area contributed by atoms with Gasteiger partial charge < -0.3 is 10.2 Å². The molecule has 15 heavy (non-hydrogen) atoms. The summed E-state index contributed by atoms with van der Waals surface area (Å²) in [6.45, 7) is 8.16. The zero-order valence-corrected chi connectivity index (χ0v) is 10.8. The van der Waals surface area contributed by atoms with Crippen molar-refractivity contribution in [3.05, 3.63) is 0 Å². The predicted molar refractivity (Wildman–Crippen MR) is 67.3 cm³/mol. The molecule has 0 aromatic rings. The van der Waals surface area contributed by atoms with E-state index in [1.165, 1.54) is 58.2 Å². The van der Waals surface area contributed by atoms with Gasteiger partial charge in [-0.05, 0) is 45.9 Å². The van der Waals surface area contributed by atoms with Gasteiger partial charge in [-0.1, -0.05) is 33.1 Å². The molecule has 0 heterocycles. The Balaban J connectivity index is 2.38. The van der Waals surface area contributed by atoms with Crippen LogP contribution in [0.2, 0.25) is 0 Å². The first-order chi connectivity index (χ1) is 7.26. The lowest BCUT2D eigenvalue weighted by Gasteiger charge is -2.38. The van der Waals surface area contributed by atoms with Crippen molar-refractivity contribution in [2.45, 2.75) is 57.9 Å². The van der Waals surface area contributed by atoms with Crippen molar-refractivity contribution < 1.29 is 0 Å². The van der Waals surface area contributed by atoms with E-state index in [1.54, 1.807) is 0 Å². The van der Waals surface area contributed by atoms with Crippen molar-refractivity contribution in [2.24, 2.45) is 0 Å². The van der Waals surface area contributed by atoms with Crippen LogP contribution in [0.5, 0.6) is 0 Å². The van der Waals surface area contributed by atoms with E-state index in [0.717, 1.165) is 0 Å². The van der Waals surface area contributed by atoms with Gasteiger partial charge in [-0.25, -0.2) is 0 Å². The molecule has 0 aromatic heterocycles. The normalized spacial score (nSPS) is 20.8. The van der Waals surface area contributed by atoms with Crippen LogP contribution in [0.3, 0.4) is 0 Å². The minimum absolute atomic E-state index is 0.459. The van der Waals surface area contributed by atoms with E-state index in [1.807, 2.05) is 0 Å². The molecule has 90 valence electrons. The Bertz CT molecular complexity index is 158. The summed E-state index contributed by atoms with van der Waals surface area (Å²) in [7, 11) is 2.15. The molecule has 1 aliphatic rings. The molecule has 1 fully saturated rings. The highest BCUT2D eigenvalue weighted by atomic mass is 15.1. The third-order valence-corrected chi connectivity index (χ3v) is 4.14. The first kappa shape index (κ1) is 13.0. The molecule has 1 rings (SSSR count). The quantitative estimate of drug-likeness (QED) is 0.728. The molecule has 0 aliphatic heterocycles. The first-order valence-electron chi connectivity index (χ1n) is 6.67. The average Bonchev–Trinajstić information content (AvgIpc) is 2.31. The molecule has 2 nitrogen and oxygen atoms in total. The molecular formula is C13H28N2. The van der Waals surface area contributed by atoms with Crippen molar-refractivity contribution in [3.63, 3.8) is 0 Å². The van der Waals surface area contributed by atoms with Gasteiger partial charge in [0.1, 0.15) is 0 Å².